The summed E-state index contributed by atoms with van der Waals surface area (Å²) in [4.78, 5) is 21.7. The van der Waals surface area contributed by atoms with E-state index in [9.17, 15) is 4.79 Å². The number of amides is 1. The summed E-state index contributed by atoms with van der Waals surface area (Å²) in [6, 6.07) is 9.50. The number of carbonyl (C=O) groups is 1. The number of piperazine rings is 1. The van der Waals surface area contributed by atoms with Gasteiger partial charge in [-0.1, -0.05) is 69.9 Å². The van der Waals surface area contributed by atoms with Crippen LogP contribution in [0.2, 0.25) is 20.1 Å². The van der Waals surface area contributed by atoms with Crippen molar-refractivity contribution in [1.82, 2.24) is 20.5 Å². The molecule has 1 unspecified atom stereocenters. The van der Waals surface area contributed by atoms with Crippen molar-refractivity contribution in [2.24, 2.45) is 0 Å². The van der Waals surface area contributed by atoms with E-state index >= 15 is 0 Å². The highest BCUT2D eigenvalue weighted by Gasteiger charge is 2.41. The summed E-state index contributed by atoms with van der Waals surface area (Å²) in [6.45, 7) is 4.38. The standard InChI is InChI=1S/C30H30Cl4N4O3S/c1-16-9-22(32)28(23(33)10-16)40-7-8-41-30-36-14-25(42-30)20-11-18-12-35-13-24(37-18)26(20)29(39)38(19-5-6-19)15-17-3-2-4-21(31)27(17)34/h2-4,9-10,14,18-19,24,35,37H,5-8,11-13,15H2,1H3/t18?,24-/m1/s1. The molecule has 3 aliphatic rings. The van der Waals surface area contributed by atoms with Crippen LogP contribution in [0.25, 0.3) is 5.57 Å². The normalized spacial score (nSPS) is 20.0. The predicted molar refractivity (Wildman–Crippen MR) is 169 cm³/mol. The number of rotatable bonds is 10. The fourth-order valence-electron chi connectivity index (χ4n) is 5.52. The fraction of sp³-hybridized carbons (Fsp3) is 0.400. The summed E-state index contributed by atoms with van der Waals surface area (Å²) in [5.41, 5.74) is 3.62. The van der Waals surface area contributed by atoms with E-state index in [-0.39, 0.29) is 37.2 Å². The van der Waals surface area contributed by atoms with Crippen LogP contribution < -0.4 is 20.1 Å². The number of halogens is 4. The number of nitrogens with one attached hydrogen (secondary N) is 2. The highest BCUT2D eigenvalue weighted by atomic mass is 35.5. The molecular weight excluding hydrogens is 638 g/mol. The maximum Gasteiger partial charge on any atom is 0.273 e. The topological polar surface area (TPSA) is 75.7 Å². The van der Waals surface area contributed by atoms with Gasteiger partial charge in [-0.2, -0.15) is 0 Å². The molecule has 12 heteroatoms. The summed E-state index contributed by atoms with van der Waals surface area (Å²) >= 11 is 26.8. The number of hydrogen-bond donors (Lipinski definition) is 2. The second-order valence-electron chi connectivity index (χ2n) is 10.8. The molecule has 2 N–H and O–H groups in total. The summed E-state index contributed by atoms with van der Waals surface area (Å²) < 4.78 is 11.7. The molecule has 0 radical (unpaired) electrons. The van der Waals surface area contributed by atoms with Crippen molar-refractivity contribution >= 4 is 69.2 Å². The van der Waals surface area contributed by atoms with E-state index in [1.54, 1.807) is 24.4 Å². The molecule has 2 atom stereocenters. The molecule has 2 bridgehead atoms. The molecule has 2 fully saturated rings. The van der Waals surface area contributed by atoms with Crippen LogP contribution in [0.5, 0.6) is 10.9 Å². The van der Waals surface area contributed by atoms with Crippen molar-refractivity contribution in [3.63, 3.8) is 0 Å². The number of nitrogens with zero attached hydrogens (tertiary/aromatic N) is 2. The minimum atomic E-state index is -0.0973. The number of aromatic nitrogens is 1. The Morgan fingerprint density at radius 3 is 2.60 bits per heavy atom. The van der Waals surface area contributed by atoms with Crippen molar-refractivity contribution < 1.29 is 14.3 Å². The molecule has 3 aromatic rings. The number of ether oxygens (including phenoxy) is 2. The number of benzene rings is 2. The van der Waals surface area contributed by atoms with E-state index in [0.717, 1.165) is 53.0 Å². The Balaban J connectivity index is 1.21. The largest absolute Gasteiger partial charge is 0.487 e. The summed E-state index contributed by atoms with van der Waals surface area (Å²) in [5, 5.41) is 9.56. The number of fused-ring (bicyclic) bond motifs is 2. The van der Waals surface area contributed by atoms with E-state index in [2.05, 4.69) is 15.6 Å². The zero-order valence-electron chi connectivity index (χ0n) is 22.9. The molecule has 6 rings (SSSR count). The van der Waals surface area contributed by atoms with Gasteiger partial charge in [0.05, 0.1) is 31.0 Å². The third kappa shape index (κ3) is 6.55. The SMILES string of the molecule is Cc1cc(Cl)c(OCCOc2ncc(C3=C(C(=O)N(Cc4cccc(Cl)c4Cl)C4CC4)[C@H]4CNCC(C3)N4)s2)c(Cl)c1. The molecule has 2 aliphatic heterocycles. The fourth-order valence-corrected chi connectivity index (χ4v) is 7.47. The third-order valence-corrected chi connectivity index (χ3v) is 10.0. The Morgan fingerprint density at radius 1 is 1.07 bits per heavy atom. The smallest absolute Gasteiger partial charge is 0.273 e. The van der Waals surface area contributed by atoms with Crippen molar-refractivity contribution in [3.8, 4) is 10.9 Å². The van der Waals surface area contributed by atoms with Gasteiger partial charge in [0.1, 0.15) is 13.2 Å². The van der Waals surface area contributed by atoms with Gasteiger partial charge in [-0.25, -0.2) is 4.98 Å². The van der Waals surface area contributed by atoms with Gasteiger partial charge in [0.2, 0.25) is 0 Å². The average molecular weight is 668 g/mol. The molecule has 1 saturated heterocycles. The Morgan fingerprint density at radius 2 is 1.83 bits per heavy atom. The molecule has 1 aromatic heterocycles. The first-order chi connectivity index (χ1) is 20.3. The first kappa shape index (κ1) is 30.0. The van der Waals surface area contributed by atoms with E-state index in [0.29, 0.717) is 44.1 Å². The number of aryl methyl sites for hydroxylation is 1. The maximum atomic E-state index is 14.3. The lowest BCUT2D eigenvalue weighted by molar-refractivity contribution is -0.128. The average Bonchev–Trinajstić information content (AvgIpc) is 3.69. The monoisotopic (exact) mass is 666 g/mol. The van der Waals surface area contributed by atoms with E-state index in [1.807, 2.05) is 24.0 Å². The Bertz CT molecular complexity index is 1500. The third-order valence-electron chi connectivity index (χ3n) is 7.63. The molecule has 1 saturated carbocycles. The van der Waals surface area contributed by atoms with Gasteiger partial charge in [-0.3, -0.25) is 4.79 Å². The minimum absolute atomic E-state index is 0.0271. The molecular formula is C30H30Cl4N4O3S. The van der Waals surface area contributed by atoms with Gasteiger partial charge in [-0.15, -0.1) is 0 Å². The molecule has 1 amide bonds. The first-order valence-electron chi connectivity index (χ1n) is 13.9. The minimum Gasteiger partial charge on any atom is -0.487 e. The lowest BCUT2D eigenvalue weighted by atomic mass is 9.86. The van der Waals surface area contributed by atoms with Gasteiger partial charge < -0.3 is 25.0 Å². The quantitative estimate of drug-likeness (QED) is 0.232. The maximum absolute atomic E-state index is 14.3. The summed E-state index contributed by atoms with van der Waals surface area (Å²) in [5.74, 6) is 0.467. The van der Waals surface area contributed by atoms with Gasteiger partial charge in [-0.05, 0) is 61.1 Å². The van der Waals surface area contributed by atoms with Gasteiger partial charge in [0, 0.05) is 43.5 Å². The van der Waals surface area contributed by atoms with E-state index in [1.165, 1.54) is 11.3 Å². The number of thiazole rings is 1. The van der Waals surface area contributed by atoms with Crippen molar-refractivity contribution in [3.05, 3.63) is 78.2 Å². The Kier molecular flexibility index (Phi) is 9.22. The molecule has 2 aromatic carbocycles. The summed E-state index contributed by atoms with van der Waals surface area (Å²) in [6.07, 6.45) is 4.48. The molecule has 222 valence electrons. The van der Waals surface area contributed by atoms with Crippen molar-refractivity contribution in [1.29, 1.82) is 0 Å². The Labute approximate surface area is 269 Å². The summed E-state index contributed by atoms with van der Waals surface area (Å²) in [7, 11) is 0. The van der Waals surface area contributed by atoms with Crippen LogP contribution in [0, 0.1) is 6.92 Å². The highest BCUT2D eigenvalue weighted by Crippen LogP contribution is 2.40. The zero-order valence-corrected chi connectivity index (χ0v) is 26.7. The van der Waals surface area contributed by atoms with Crippen molar-refractivity contribution in [2.45, 2.75) is 50.9 Å². The van der Waals surface area contributed by atoms with Crippen LogP contribution >= 0.6 is 57.7 Å². The number of hydrogen-bond acceptors (Lipinski definition) is 7. The van der Waals surface area contributed by atoms with Crippen LogP contribution in [0.1, 0.15) is 35.3 Å². The van der Waals surface area contributed by atoms with E-state index in [4.69, 9.17) is 55.9 Å². The molecule has 0 spiro atoms. The van der Waals surface area contributed by atoms with Gasteiger partial charge >= 0.3 is 0 Å². The van der Waals surface area contributed by atoms with Gasteiger partial charge in [0.25, 0.3) is 11.1 Å². The lowest BCUT2D eigenvalue weighted by Crippen LogP contribution is -2.59. The van der Waals surface area contributed by atoms with Crippen molar-refractivity contribution in [2.75, 3.05) is 26.3 Å². The zero-order chi connectivity index (χ0) is 29.4. The first-order valence-corrected chi connectivity index (χ1v) is 16.2. The number of carbonyl (C=O) groups excluding carboxylic acids is 1. The van der Waals surface area contributed by atoms with Crippen LogP contribution in [0.3, 0.4) is 0 Å². The van der Waals surface area contributed by atoms with Crippen LogP contribution in [-0.2, 0) is 11.3 Å². The molecule has 3 heterocycles. The lowest BCUT2D eigenvalue weighted by Gasteiger charge is -2.40. The van der Waals surface area contributed by atoms with E-state index < -0.39 is 0 Å². The van der Waals surface area contributed by atoms with Gasteiger partial charge in [0.15, 0.2) is 5.75 Å². The Hall–Kier alpha value is -2.04. The van der Waals surface area contributed by atoms with Crippen LogP contribution in [-0.4, -0.2) is 60.2 Å². The molecule has 7 nitrogen and oxygen atoms in total. The molecule has 1 aliphatic carbocycles. The molecule has 42 heavy (non-hydrogen) atoms. The highest BCUT2D eigenvalue weighted by molar-refractivity contribution is 7.14. The van der Waals surface area contributed by atoms with Crippen LogP contribution in [0.4, 0.5) is 0 Å². The predicted octanol–water partition coefficient (Wildman–Crippen LogP) is 6.80. The second-order valence-corrected chi connectivity index (χ2v) is 13.4. The van der Waals surface area contributed by atoms with Crippen LogP contribution in [0.15, 0.2) is 42.1 Å². The second kappa shape index (κ2) is 12.9.